The lowest BCUT2D eigenvalue weighted by Gasteiger charge is -2.27. The van der Waals surface area contributed by atoms with Gasteiger partial charge in [-0.05, 0) is 59.7 Å². The molecule has 0 saturated heterocycles. The topological polar surface area (TPSA) is 79.4 Å². The monoisotopic (exact) mass is 465 g/mol. The number of nitrogens with one attached hydrogen (secondary N) is 1. The molecule has 1 aromatic heterocycles. The van der Waals surface area contributed by atoms with Gasteiger partial charge in [0.1, 0.15) is 0 Å². The van der Waals surface area contributed by atoms with E-state index in [2.05, 4.69) is 10.3 Å². The third-order valence-electron chi connectivity index (χ3n) is 5.10. The zero-order valence-corrected chi connectivity index (χ0v) is 18.4. The van der Waals surface area contributed by atoms with E-state index in [1.807, 2.05) is 0 Å². The van der Waals surface area contributed by atoms with Crippen molar-refractivity contribution in [2.24, 2.45) is 0 Å². The number of rotatable bonds is 4. The lowest BCUT2D eigenvalue weighted by atomic mass is 9.92. The third kappa shape index (κ3) is 4.28. The molecule has 4 rings (SSSR count). The summed E-state index contributed by atoms with van der Waals surface area (Å²) in [6, 6.07) is 13.1. The van der Waals surface area contributed by atoms with E-state index in [9.17, 15) is 14.4 Å². The molecule has 2 aromatic carbocycles. The van der Waals surface area contributed by atoms with Gasteiger partial charge in [0, 0.05) is 37.1 Å². The Morgan fingerprint density at radius 1 is 1.03 bits per heavy atom. The summed E-state index contributed by atoms with van der Waals surface area (Å²) in [5, 5.41) is 3.51. The van der Waals surface area contributed by atoms with Crippen molar-refractivity contribution in [3.8, 4) is 0 Å². The van der Waals surface area contributed by atoms with Crippen molar-refractivity contribution in [2.75, 3.05) is 11.9 Å². The van der Waals surface area contributed by atoms with E-state index in [0.717, 1.165) is 5.56 Å². The van der Waals surface area contributed by atoms with Gasteiger partial charge < -0.3 is 10.2 Å². The van der Waals surface area contributed by atoms with Crippen LogP contribution in [-0.2, 0) is 11.3 Å². The van der Waals surface area contributed by atoms with Crippen molar-refractivity contribution >= 4 is 52.6 Å². The number of hydrogen-bond acceptors (Lipinski definition) is 4. The highest BCUT2D eigenvalue weighted by molar-refractivity contribution is 6.42. The molecule has 160 valence electrons. The van der Waals surface area contributed by atoms with E-state index in [0.29, 0.717) is 33.4 Å². The zero-order valence-electron chi connectivity index (χ0n) is 16.9. The van der Waals surface area contributed by atoms with Crippen LogP contribution in [0.5, 0.6) is 0 Å². The molecule has 1 aliphatic heterocycles. The molecule has 0 fully saturated rings. The molecule has 0 saturated carbocycles. The van der Waals surface area contributed by atoms with Crippen LogP contribution in [0.1, 0.15) is 31.8 Å². The quantitative estimate of drug-likeness (QED) is 0.452. The number of likely N-dealkylation sites (N-methyl/N-ethyl adjacent to an activating group) is 1. The number of anilines is 1. The van der Waals surface area contributed by atoms with E-state index < -0.39 is 11.7 Å². The van der Waals surface area contributed by atoms with Crippen LogP contribution in [0.3, 0.4) is 0 Å². The van der Waals surface area contributed by atoms with Crippen molar-refractivity contribution in [1.29, 1.82) is 0 Å². The summed E-state index contributed by atoms with van der Waals surface area (Å²) in [6.45, 7) is 0.327. The summed E-state index contributed by atoms with van der Waals surface area (Å²) in [4.78, 5) is 44.0. The number of hydrogen-bond donors (Lipinski definition) is 1. The number of benzene rings is 2. The van der Waals surface area contributed by atoms with Gasteiger partial charge in [-0.1, -0.05) is 29.3 Å². The van der Waals surface area contributed by atoms with Gasteiger partial charge in [0.25, 0.3) is 11.8 Å². The van der Waals surface area contributed by atoms with E-state index in [4.69, 9.17) is 23.2 Å². The van der Waals surface area contributed by atoms with Crippen LogP contribution in [0.15, 0.2) is 66.5 Å². The van der Waals surface area contributed by atoms with Crippen LogP contribution in [0, 0.1) is 0 Å². The summed E-state index contributed by atoms with van der Waals surface area (Å²) in [6.07, 6.45) is 4.77. The van der Waals surface area contributed by atoms with Crippen molar-refractivity contribution in [1.82, 2.24) is 10.3 Å². The Hall–Kier alpha value is -3.48. The fraction of sp³-hybridized carbons (Fsp3) is 0.0833. The van der Waals surface area contributed by atoms with E-state index in [-0.39, 0.29) is 17.0 Å². The second kappa shape index (κ2) is 8.94. The maximum Gasteiger partial charge on any atom is 0.262 e. The number of aromatic nitrogens is 1. The van der Waals surface area contributed by atoms with Crippen LogP contribution >= 0.6 is 23.2 Å². The second-order valence-corrected chi connectivity index (χ2v) is 8.01. The summed E-state index contributed by atoms with van der Waals surface area (Å²) < 4.78 is 0. The summed E-state index contributed by atoms with van der Waals surface area (Å²) in [5.41, 5.74) is 2.49. The van der Waals surface area contributed by atoms with Crippen LogP contribution < -0.4 is 10.2 Å². The van der Waals surface area contributed by atoms with Gasteiger partial charge in [-0.15, -0.1) is 0 Å². The number of pyridine rings is 1. The smallest absolute Gasteiger partial charge is 0.262 e. The van der Waals surface area contributed by atoms with Gasteiger partial charge in [-0.2, -0.15) is 0 Å². The molecule has 2 amide bonds. The molecule has 6 nitrogen and oxygen atoms in total. The second-order valence-electron chi connectivity index (χ2n) is 7.19. The summed E-state index contributed by atoms with van der Waals surface area (Å²) >= 11 is 12.0. The molecule has 32 heavy (non-hydrogen) atoms. The Bertz CT molecular complexity index is 1270. The molecular formula is C24H17Cl2N3O3. The lowest BCUT2D eigenvalue weighted by molar-refractivity contribution is -0.114. The molecule has 0 aliphatic carbocycles. The maximum atomic E-state index is 13.2. The Labute approximate surface area is 194 Å². The molecule has 0 atom stereocenters. The molecule has 3 aromatic rings. The number of carbonyl (C=O) groups excluding carboxylic acids is 3. The average molecular weight is 466 g/mol. The fourth-order valence-electron chi connectivity index (χ4n) is 3.37. The SMILES string of the molecule is CN1C(=O)/C(=C/c2ccc(Cl)c(Cl)c2)C(=O)c2cc(C(=O)NCc3ccncc3)ccc21. The minimum Gasteiger partial charge on any atom is -0.348 e. The van der Waals surface area contributed by atoms with Gasteiger partial charge in [0.15, 0.2) is 0 Å². The van der Waals surface area contributed by atoms with Gasteiger partial charge in [0.05, 0.1) is 21.3 Å². The fourth-order valence-corrected chi connectivity index (χ4v) is 3.67. The maximum absolute atomic E-state index is 13.2. The Morgan fingerprint density at radius 3 is 2.50 bits per heavy atom. The van der Waals surface area contributed by atoms with Crippen molar-refractivity contribution < 1.29 is 14.4 Å². The molecule has 0 unspecified atom stereocenters. The largest absolute Gasteiger partial charge is 0.348 e. The van der Waals surface area contributed by atoms with Crippen LogP contribution in [0.25, 0.3) is 6.08 Å². The summed E-state index contributed by atoms with van der Waals surface area (Å²) in [7, 11) is 1.58. The predicted octanol–water partition coefficient (Wildman–Crippen LogP) is 4.56. The zero-order chi connectivity index (χ0) is 22.8. The number of fused-ring (bicyclic) bond motifs is 1. The summed E-state index contributed by atoms with van der Waals surface area (Å²) in [5.74, 6) is -1.23. The normalized spacial score (nSPS) is 14.5. The highest BCUT2D eigenvalue weighted by Gasteiger charge is 2.33. The number of nitrogens with zero attached hydrogens (tertiary/aromatic N) is 2. The van der Waals surface area contributed by atoms with Crippen molar-refractivity contribution in [3.63, 3.8) is 0 Å². The standard InChI is InChI=1S/C24H17Cl2N3O3/c1-29-21-5-3-16(23(31)28-13-14-6-8-27-9-7-14)12-17(21)22(30)18(24(29)32)10-15-2-4-19(25)20(26)11-15/h2-12H,13H2,1H3,(H,28,31)/b18-10+. The van der Waals surface area contributed by atoms with E-state index >= 15 is 0 Å². The first-order valence-corrected chi connectivity index (χ1v) is 10.4. The number of amides is 2. The van der Waals surface area contributed by atoms with Gasteiger partial charge >= 0.3 is 0 Å². The van der Waals surface area contributed by atoms with Crippen LogP contribution in [0.4, 0.5) is 5.69 Å². The first kappa shape index (κ1) is 21.7. The third-order valence-corrected chi connectivity index (χ3v) is 5.84. The average Bonchev–Trinajstić information content (AvgIpc) is 2.81. The Morgan fingerprint density at radius 2 is 1.78 bits per heavy atom. The highest BCUT2D eigenvalue weighted by Crippen LogP contribution is 2.32. The van der Waals surface area contributed by atoms with Crippen molar-refractivity contribution in [3.05, 3.63) is 98.8 Å². The van der Waals surface area contributed by atoms with Crippen LogP contribution in [-0.4, -0.2) is 29.6 Å². The number of halogens is 2. The van der Waals surface area contributed by atoms with Crippen LogP contribution in [0.2, 0.25) is 10.0 Å². The molecular weight excluding hydrogens is 449 g/mol. The molecule has 0 spiro atoms. The first-order valence-electron chi connectivity index (χ1n) is 9.66. The highest BCUT2D eigenvalue weighted by atomic mass is 35.5. The molecule has 0 bridgehead atoms. The van der Waals surface area contributed by atoms with E-state index in [1.54, 1.807) is 61.9 Å². The number of carbonyl (C=O) groups is 3. The van der Waals surface area contributed by atoms with Crippen molar-refractivity contribution in [2.45, 2.75) is 6.54 Å². The molecule has 1 aliphatic rings. The predicted molar refractivity (Wildman–Crippen MR) is 124 cm³/mol. The molecule has 2 heterocycles. The van der Waals surface area contributed by atoms with Gasteiger partial charge in [0.2, 0.25) is 5.78 Å². The van der Waals surface area contributed by atoms with Gasteiger partial charge in [-0.3, -0.25) is 19.4 Å². The molecule has 8 heteroatoms. The van der Waals surface area contributed by atoms with Gasteiger partial charge in [-0.25, -0.2) is 0 Å². The number of ketones is 1. The molecule has 1 N–H and O–H groups in total. The lowest BCUT2D eigenvalue weighted by Crippen LogP contribution is -2.37. The Kier molecular flexibility index (Phi) is 6.08. The Balaban J connectivity index is 1.64. The number of Topliss-reactive ketones (excluding diaryl/α,β-unsaturated/α-hetero) is 1. The van der Waals surface area contributed by atoms with E-state index in [1.165, 1.54) is 17.0 Å². The molecule has 0 radical (unpaired) electrons. The first-order chi connectivity index (χ1) is 15.3. The minimum absolute atomic E-state index is 0.0206. The minimum atomic E-state index is -0.460.